The molecule has 0 aliphatic rings. The largest absolute Gasteiger partial charge is 0.494 e. The number of thiazole rings is 1. The SMILES string of the molecule is CCCOc1ccc(Cc2nn3c(=O)/c(=C/c4ccc(OCC)c(OCC)c4)sc3nc2=O)cc1. The maximum absolute atomic E-state index is 13.0. The van der Waals surface area contributed by atoms with E-state index < -0.39 is 5.56 Å². The smallest absolute Gasteiger partial charge is 0.296 e. The van der Waals surface area contributed by atoms with E-state index in [1.165, 1.54) is 4.52 Å². The minimum absolute atomic E-state index is 0.214. The van der Waals surface area contributed by atoms with E-state index in [2.05, 4.69) is 10.1 Å². The molecule has 0 aliphatic carbocycles. The molecule has 0 radical (unpaired) electrons. The molecule has 4 aromatic rings. The minimum Gasteiger partial charge on any atom is -0.494 e. The molecular formula is C26H27N3O5S. The van der Waals surface area contributed by atoms with E-state index in [0.717, 1.165) is 34.6 Å². The van der Waals surface area contributed by atoms with Gasteiger partial charge in [-0.1, -0.05) is 36.5 Å². The summed E-state index contributed by atoms with van der Waals surface area (Å²) in [5.74, 6) is 2.03. The van der Waals surface area contributed by atoms with Crippen LogP contribution in [0.5, 0.6) is 17.2 Å². The second-order valence-corrected chi connectivity index (χ2v) is 8.72. The summed E-state index contributed by atoms with van der Waals surface area (Å²) in [5, 5.41) is 4.33. The zero-order valence-corrected chi connectivity index (χ0v) is 20.8. The fraction of sp³-hybridized carbons (Fsp3) is 0.308. The zero-order valence-electron chi connectivity index (χ0n) is 19.9. The van der Waals surface area contributed by atoms with Gasteiger partial charge in [0.25, 0.3) is 11.1 Å². The van der Waals surface area contributed by atoms with Crippen molar-refractivity contribution >= 4 is 22.4 Å². The average molecular weight is 494 g/mol. The second-order valence-electron chi connectivity index (χ2n) is 7.72. The fourth-order valence-electron chi connectivity index (χ4n) is 3.48. The molecule has 0 unspecified atom stereocenters. The number of ether oxygens (including phenoxy) is 3. The number of hydrogen-bond donors (Lipinski definition) is 0. The maximum atomic E-state index is 13.0. The van der Waals surface area contributed by atoms with Crippen LogP contribution >= 0.6 is 11.3 Å². The van der Waals surface area contributed by atoms with Crippen LogP contribution in [0.2, 0.25) is 0 Å². The normalized spacial score (nSPS) is 11.7. The number of fused-ring (bicyclic) bond motifs is 1. The molecule has 2 aromatic heterocycles. The lowest BCUT2D eigenvalue weighted by molar-refractivity contribution is 0.287. The summed E-state index contributed by atoms with van der Waals surface area (Å²) in [7, 11) is 0. The summed E-state index contributed by atoms with van der Waals surface area (Å²) in [5.41, 5.74) is 1.10. The summed E-state index contributed by atoms with van der Waals surface area (Å²) < 4.78 is 18.5. The third kappa shape index (κ3) is 5.68. The summed E-state index contributed by atoms with van der Waals surface area (Å²) in [6.07, 6.45) is 2.94. The summed E-state index contributed by atoms with van der Waals surface area (Å²) in [4.78, 5) is 30.0. The predicted octanol–water partition coefficient (Wildman–Crippen LogP) is 3.24. The van der Waals surface area contributed by atoms with Crippen molar-refractivity contribution in [2.45, 2.75) is 33.6 Å². The highest BCUT2D eigenvalue weighted by molar-refractivity contribution is 7.15. The number of benzene rings is 2. The van der Waals surface area contributed by atoms with E-state index in [1.807, 2.05) is 63.2 Å². The average Bonchev–Trinajstić information content (AvgIpc) is 3.14. The van der Waals surface area contributed by atoms with E-state index in [0.29, 0.717) is 35.9 Å². The number of hydrogen-bond acceptors (Lipinski definition) is 8. The van der Waals surface area contributed by atoms with Gasteiger partial charge in [0.1, 0.15) is 11.4 Å². The van der Waals surface area contributed by atoms with Crippen LogP contribution in [0.15, 0.2) is 52.1 Å². The topological polar surface area (TPSA) is 92.0 Å². The molecule has 0 spiro atoms. The molecule has 4 rings (SSSR count). The highest BCUT2D eigenvalue weighted by atomic mass is 32.1. The Morgan fingerprint density at radius 1 is 0.943 bits per heavy atom. The first kappa shape index (κ1) is 24.4. The van der Waals surface area contributed by atoms with Crippen molar-refractivity contribution in [1.82, 2.24) is 14.6 Å². The Bertz CT molecular complexity index is 1480. The Kier molecular flexibility index (Phi) is 7.77. The van der Waals surface area contributed by atoms with Crippen molar-refractivity contribution in [3.05, 3.63) is 84.5 Å². The van der Waals surface area contributed by atoms with Gasteiger partial charge in [0.15, 0.2) is 11.5 Å². The molecule has 0 bridgehead atoms. The van der Waals surface area contributed by atoms with Crippen LogP contribution in [0, 0.1) is 0 Å². The van der Waals surface area contributed by atoms with Gasteiger partial charge in [-0.05, 0) is 61.7 Å². The molecule has 0 fully saturated rings. The molecule has 9 heteroatoms. The Morgan fingerprint density at radius 2 is 1.69 bits per heavy atom. The molecule has 182 valence electrons. The Balaban J connectivity index is 1.66. The molecular weight excluding hydrogens is 466 g/mol. The molecule has 0 saturated carbocycles. The van der Waals surface area contributed by atoms with Crippen molar-refractivity contribution in [3.63, 3.8) is 0 Å². The Hall–Kier alpha value is -3.72. The molecule has 0 N–H and O–H groups in total. The fourth-order valence-corrected chi connectivity index (χ4v) is 4.38. The van der Waals surface area contributed by atoms with Crippen LogP contribution in [0.4, 0.5) is 0 Å². The molecule has 2 aromatic carbocycles. The highest BCUT2D eigenvalue weighted by Gasteiger charge is 2.12. The van der Waals surface area contributed by atoms with Crippen molar-refractivity contribution in [2.75, 3.05) is 19.8 Å². The lowest BCUT2D eigenvalue weighted by atomic mass is 10.1. The molecule has 0 aliphatic heterocycles. The van der Waals surface area contributed by atoms with Gasteiger partial charge >= 0.3 is 0 Å². The predicted molar refractivity (Wildman–Crippen MR) is 136 cm³/mol. The Labute approximate surface area is 206 Å². The first-order chi connectivity index (χ1) is 17.0. The van der Waals surface area contributed by atoms with Crippen LogP contribution in [-0.4, -0.2) is 34.4 Å². The third-order valence-electron chi connectivity index (χ3n) is 5.08. The maximum Gasteiger partial charge on any atom is 0.296 e. The van der Waals surface area contributed by atoms with Crippen molar-refractivity contribution in [1.29, 1.82) is 0 Å². The number of aromatic nitrogens is 3. The Morgan fingerprint density at radius 3 is 2.40 bits per heavy atom. The number of rotatable bonds is 10. The van der Waals surface area contributed by atoms with Crippen LogP contribution < -0.4 is 29.9 Å². The lowest BCUT2D eigenvalue weighted by Crippen LogP contribution is -2.28. The van der Waals surface area contributed by atoms with Crippen LogP contribution in [0.3, 0.4) is 0 Å². The first-order valence-electron chi connectivity index (χ1n) is 11.6. The summed E-state index contributed by atoms with van der Waals surface area (Å²) >= 11 is 1.12. The third-order valence-corrected chi connectivity index (χ3v) is 6.04. The number of nitrogens with zero attached hydrogens (tertiary/aromatic N) is 3. The molecule has 0 atom stereocenters. The van der Waals surface area contributed by atoms with Crippen molar-refractivity contribution in [3.8, 4) is 17.2 Å². The van der Waals surface area contributed by atoms with Gasteiger partial charge in [-0.15, -0.1) is 0 Å². The van der Waals surface area contributed by atoms with E-state index >= 15 is 0 Å². The second kappa shape index (κ2) is 11.1. The van der Waals surface area contributed by atoms with Gasteiger partial charge in [0.05, 0.1) is 24.4 Å². The van der Waals surface area contributed by atoms with Crippen LogP contribution in [0.1, 0.15) is 44.0 Å². The van der Waals surface area contributed by atoms with E-state index in [4.69, 9.17) is 14.2 Å². The molecule has 35 heavy (non-hydrogen) atoms. The minimum atomic E-state index is -0.441. The van der Waals surface area contributed by atoms with E-state index in [1.54, 1.807) is 6.08 Å². The van der Waals surface area contributed by atoms with E-state index in [9.17, 15) is 9.59 Å². The van der Waals surface area contributed by atoms with Gasteiger partial charge in [-0.3, -0.25) is 9.59 Å². The van der Waals surface area contributed by atoms with Crippen molar-refractivity contribution < 1.29 is 14.2 Å². The van der Waals surface area contributed by atoms with Gasteiger partial charge in [-0.25, -0.2) is 0 Å². The van der Waals surface area contributed by atoms with Crippen LogP contribution in [0.25, 0.3) is 11.0 Å². The zero-order chi connectivity index (χ0) is 24.8. The standard InChI is InChI=1S/C26H27N3O5S/c1-4-13-34-19-10-7-17(8-11-19)14-20-24(30)27-26-29(28-20)25(31)23(35-26)16-18-9-12-21(32-5-2)22(15-18)33-6-3/h7-12,15-16H,4-6,13-14H2,1-3H3/b23-16-. The van der Waals surface area contributed by atoms with Gasteiger partial charge in [0, 0.05) is 6.42 Å². The molecule has 0 saturated heterocycles. The highest BCUT2D eigenvalue weighted by Crippen LogP contribution is 2.28. The van der Waals surface area contributed by atoms with Gasteiger partial charge in [0.2, 0.25) is 4.96 Å². The summed E-state index contributed by atoms with van der Waals surface area (Å²) in [6, 6.07) is 13.0. The molecule has 0 amide bonds. The quantitative estimate of drug-likeness (QED) is 0.335. The van der Waals surface area contributed by atoms with Gasteiger partial charge < -0.3 is 14.2 Å². The van der Waals surface area contributed by atoms with Crippen molar-refractivity contribution in [2.24, 2.45) is 0 Å². The van der Waals surface area contributed by atoms with Crippen LogP contribution in [-0.2, 0) is 6.42 Å². The molecule has 2 heterocycles. The van der Waals surface area contributed by atoms with Gasteiger partial charge in [-0.2, -0.15) is 14.6 Å². The first-order valence-corrected chi connectivity index (χ1v) is 12.4. The van der Waals surface area contributed by atoms with E-state index in [-0.39, 0.29) is 22.6 Å². The molecule has 8 nitrogen and oxygen atoms in total. The summed E-state index contributed by atoms with van der Waals surface area (Å²) in [6.45, 7) is 7.51. The lowest BCUT2D eigenvalue weighted by Gasteiger charge is -2.11. The monoisotopic (exact) mass is 493 g/mol.